The molecule has 25 heavy (non-hydrogen) atoms. The van der Waals surface area contributed by atoms with E-state index in [1.165, 1.54) is 0 Å². The molecule has 1 aliphatic heterocycles. The first-order valence-electron chi connectivity index (χ1n) is 8.56. The zero-order valence-corrected chi connectivity index (χ0v) is 15.5. The molecule has 138 valence electrons. The molecular formula is C19H27ClN2O3. The van der Waals surface area contributed by atoms with Gasteiger partial charge in [0.25, 0.3) is 5.91 Å². The third kappa shape index (κ3) is 4.28. The summed E-state index contributed by atoms with van der Waals surface area (Å²) in [6, 6.07) is 5.97. The first-order chi connectivity index (χ1) is 11.6. The van der Waals surface area contributed by atoms with Crippen molar-refractivity contribution in [2.45, 2.75) is 25.3 Å². The van der Waals surface area contributed by atoms with E-state index >= 15 is 0 Å². The summed E-state index contributed by atoms with van der Waals surface area (Å²) in [5.41, 5.74) is 7.23. The van der Waals surface area contributed by atoms with Gasteiger partial charge in [0.2, 0.25) is 0 Å². The van der Waals surface area contributed by atoms with Gasteiger partial charge in [-0.25, -0.2) is 0 Å². The number of rotatable bonds is 6. The second-order valence-electron chi connectivity index (χ2n) is 6.73. The maximum Gasteiger partial charge on any atom is 0.260 e. The van der Waals surface area contributed by atoms with Crippen LogP contribution in [0.4, 0.5) is 0 Å². The summed E-state index contributed by atoms with van der Waals surface area (Å²) < 4.78 is 11.1. The SMILES string of the molecule is C=CCc1ccc(OCC(=O)N2CC3CCC(N)C3C2)c(OC)c1.Cl. The van der Waals surface area contributed by atoms with Gasteiger partial charge in [0.05, 0.1) is 7.11 Å². The lowest BCUT2D eigenvalue weighted by Gasteiger charge is -2.19. The van der Waals surface area contributed by atoms with Gasteiger partial charge in [-0.2, -0.15) is 0 Å². The fourth-order valence-electron chi connectivity index (χ4n) is 3.87. The van der Waals surface area contributed by atoms with E-state index in [1.54, 1.807) is 7.11 Å². The van der Waals surface area contributed by atoms with E-state index in [4.69, 9.17) is 15.2 Å². The summed E-state index contributed by atoms with van der Waals surface area (Å²) in [7, 11) is 1.60. The molecule has 3 unspecified atom stereocenters. The van der Waals surface area contributed by atoms with Gasteiger partial charge in [-0.3, -0.25) is 4.79 Å². The van der Waals surface area contributed by atoms with Gasteiger partial charge >= 0.3 is 0 Å². The van der Waals surface area contributed by atoms with E-state index in [-0.39, 0.29) is 31.0 Å². The van der Waals surface area contributed by atoms with Crippen LogP contribution in [0.2, 0.25) is 0 Å². The maximum absolute atomic E-state index is 12.4. The van der Waals surface area contributed by atoms with Crippen LogP contribution in [0.3, 0.4) is 0 Å². The number of likely N-dealkylation sites (tertiary alicyclic amines) is 1. The van der Waals surface area contributed by atoms with Crippen LogP contribution in [0, 0.1) is 11.8 Å². The molecule has 1 saturated heterocycles. The van der Waals surface area contributed by atoms with Crippen LogP contribution in [-0.2, 0) is 11.2 Å². The molecule has 5 nitrogen and oxygen atoms in total. The van der Waals surface area contributed by atoms with Gasteiger partial charge in [0.15, 0.2) is 18.1 Å². The Balaban J connectivity index is 0.00000225. The molecule has 0 aromatic heterocycles. The summed E-state index contributed by atoms with van der Waals surface area (Å²) in [5.74, 6) is 2.28. The van der Waals surface area contributed by atoms with E-state index < -0.39 is 0 Å². The molecule has 2 fully saturated rings. The topological polar surface area (TPSA) is 64.8 Å². The quantitative estimate of drug-likeness (QED) is 0.785. The minimum atomic E-state index is 0. The molecule has 1 amide bonds. The Morgan fingerprint density at radius 2 is 2.16 bits per heavy atom. The highest BCUT2D eigenvalue weighted by molar-refractivity contribution is 5.85. The summed E-state index contributed by atoms with van der Waals surface area (Å²) in [4.78, 5) is 14.3. The lowest BCUT2D eigenvalue weighted by atomic mass is 9.98. The summed E-state index contributed by atoms with van der Waals surface area (Å²) in [6.45, 7) is 5.35. The highest BCUT2D eigenvalue weighted by atomic mass is 35.5. The van der Waals surface area contributed by atoms with E-state index in [9.17, 15) is 4.79 Å². The smallest absolute Gasteiger partial charge is 0.260 e. The first kappa shape index (κ1) is 19.6. The minimum absolute atomic E-state index is 0. The van der Waals surface area contributed by atoms with Gasteiger partial charge in [-0.1, -0.05) is 12.1 Å². The molecule has 3 atom stereocenters. The third-order valence-electron chi connectivity index (χ3n) is 5.22. The second kappa shape index (κ2) is 8.59. The van der Waals surface area contributed by atoms with Crippen molar-refractivity contribution in [1.82, 2.24) is 4.90 Å². The predicted molar refractivity (Wildman–Crippen MR) is 100 cm³/mol. The van der Waals surface area contributed by atoms with Crippen molar-refractivity contribution in [2.75, 3.05) is 26.8 Å². The molecule has 1 heterocycles. The lowest BCUT2D eigenvalue weighted by Crippen LogP contribution is -2.36. The zero-order chi connectivity index (χ0) is 17.1. The zero-order valence-electron chi connectivity index (χ0n) is 14.6. The summed E-state index contributed by atoms with van der Waals surface area (Å²) >= 11 is 0. The van der Waals surface area contributed by atoms with Crippen LogP contribution >= 0.6 is 12.4 Å². The Hall–Kier alpha value is -1.72. The van der Waals surface area contributed by atoms with Crippen molar-refractivity contribution >= 4 is 18.3 Å². The Morgan fingerprint density at radius 3 is 2.84 bits per heavy atom. The van der Waals surface area contributed by atoms with Crippen molar-refractivity contribution in [3.8, 4) is 11.5 Å². The van der Waals surface area contributed by atoms with Crippen LogP contribution in [-0.4, -0.2) is 43.7 Å². The number of hydrogen-bond acceptors (Lipinski definition) is 4. The van der Waals surface area contributed by atoms with Crippen molar-refractivity contribution in [2.24, 2.45) is 17.6 Å². The highest BCUT2D eigenvalue weighted by Gasteiger charge is 2.42. The molecule has 1 saturated carbocycles. The average Bonchev–Trinajstić information content (AvgIpc) is 3.16. The van der Waals surface area contributed by atoms with Crippen LogP contribution in [0.5, 0.6) is 11.5 Å². The monoisotopic (exact) mass is 366 g/mol. The molecular weight excluding hydrogens is 340 g/mol. The Labute approximate surface area is 155 Å². The standard InChI is InChI=1S/C19H26N2O3.ClH/c1-3-4-13-5-8-17(18(9-13)23-2)24-12-19(22)21-10-14-6-7-16(20)15(14)11-21;/h3,5,8-9,14-16H,1,4,6-7,10-12,20H2,2H3;1H. The van der Waals surface area contributed by atoms with Gasteiger partial charge < -0.3 is 20.1 Å². The molecule has 3 rings (SSSR count). The molecule has 0 radical (unpaired) electrons. The largest absolute Gasteiger partial charge is 0.493 e. The number of benzene rings is 1. The van der Waals surface area contributed by atoms with Gasteiger partial charge in [-0.15, -0.1) is 19.0 Å². The number of allylic oxidation sites excluding steroid dienone is 1. The van der Waals surface area contributed by atoms with Gasteiger partial charge in [-0.05, 0) is 48.8 Å². The minimum Gasteiger partial charge on any atom is -0.493 e. The summed E-state index contributed by atoms with van der Waals surface area (Å²) in [6.07, 6.45) is 4.83. The normalized spacial score (nSPS) is 24.4. The van der Waals surface area contributed by atoms with Crippen molar-refractivity contribution in [1.29, 1.82) is 0 Å². The number of fused-ring (bicyclic) bond motifs is 1. The number of nitrogens with two attached hydrogens (primary N) is 1. The molecule has 0 spiro atoms. The number of carbonyl (C=O) groups is 1. The Morgan fingerprint density at radius 1 is 1.36 bits per heavy atom. The second-order valence-corrected chi connectivity index (χ2v) is 6.73. The number of methoxy groups -OCH3 is 1. The number of nitrogens with zero attached hydrogens (tertiary/aromatic N) is 1. The van der Waals surface area contributed by atoms with Crippen molar-refractivity contribution < 1.29 is 14.3 Å². The predicted octanol–water partition coefficient (Wildman–Crippen LogP) is 2.42. The fraction of sp³-hybridized carbons (Fsp3) is 0.526. The van der Waals surface area contributed by atoms with E-state index in [1.807, 2.05) is 29.2 Å². The van der Waals surface area contributed by atoms with Crippen LogP contribution < -0.4 is 15.2 Å². The molecule has 2 N–H and O–H groups in total. The van der Waals surface area contributed by atoms with Gasteiger partial charge in [0.1, 0.15) is 0 Å². The molecule has 1 aromatic rings. The number of ether oxygens (including phenoxy) is 2. The lowest BCUT2D eigenvalue weighted by molar-refractivity contribution is -0.132. The first-order valence-corrected chi connectivity index (χ1v) is 8.56. The molecule has 1 aliphatic carbocycles. The van der Waals surface area contributed by atoms with Crippen LogP contribution in [0.15, 0.2) is 30.9 Å². The highest BCUT2D eigenvalue weighted by Crippen LogP contribution is 2.37. The Bertz CT molecular complexity index is 623. The van der Waals surface area contributed by atoms with E-state index in [0.29, 0.717) is 23.3 Å². The molecule has 6 heteroatoms. The number of halogens is 1. The molecule has 1 aromatic carbocycles. The van der Waals surface area contributed by atoms with E-state index in [2.05, 4.69) is 6.58 Å². The molecule has 2 aliphatic rings. The number of amides is 1. The fourth-order valence-corrected chi connectivity index (χ4v) is 3.87. The number of hydrogen-bond donors (Lipinski definition) is 1. The van der Waals surface area contributed by atoms with Crippen LogP contribution in [0.25, 0.3) is 0 Å². The van der Waals surface area contributed by atoms with Crippen LogP contribution in [0.1, 0.15) is 18.4 Å². The van der Waals surface area contributed by atoms with E-state index in [0.717, 1.165) is 37.9 Å². The third-order valence-corrected chi connectivity index (χ3v) is 5.22. The summed E-state index contributed by atoms with van der Waals surface area (Å²) in [5, 5.41) is 0. The maximum atomic E-state index is 12.4. The molecule has 0 bridgehead atoms. The van der Waals surface area contributed by atoms with Crippen molar-refractivity contribution in [3.05, 3.63) is 36.4 Å². The average molecular weight is 367 g/mol. The number of carbonyl (C=O) groups excluding carboxylic acids is 1. The Kier molecular flexibility index (Phi) is 6.73. The van der Waals surface area contributed by atoms with Gasteiger partial charge in [0, 0.05) is 19.1 Å². The van der Waals surface area contributed by atoms with Crippen molar-refractivity contribution in [3.63, 3.8) is 0 Å².